The summed E-state index contributed by atoms with van der Waals surface area (Å²) in [6.45, 7) is 3.61. The number of aliphatic hydroxyl groups is 4. The molecule has 0 amide bonds. The zero-order valence-electron chi connectivity index (χ0n) is 59.8. The maximum absolute atomic E-state index is 12.6. The predicted molar refractivity (Wildman–Crippen MR) is 397 cm³/mol. The minimum atomic E-state index is -0.761. The van der Waals surface area contributed by atoms with Gasteiger partial charge in [0, 0.05) is 6.20 Å². The van der Waals surface area contributed by atoms with Gasteiger partial charge in [0.15, 0.2) is 80.9 Å². The summed E-state index contributed by atoms with van der Waals surface area (Å²) in [5.41, 5.74) is 31.0. The monoisotopic (exact) mass is 1510 g/mol. The van der Waals surface area contributed by atoms with Gasteiger partial charge >= 0.3 is 12.0 Å². The number of para-hydroxylation sites is 4. The molecule has 112 heavy (non-hydrogen) atoms. The molecule has 4 aromatic carbocycles. The topological polar surface area (TPSA) is 578 Å². The first kappa shape index (κ1) is 74.6. The number of Topliss-reactive ketones (excluding diaryl/α,β-unsaturated/α-hetero) is 4. The molecule has 0 radical (unpaired) electrons. The van der Waals surface area contributed by atoms with Crippen LogP contribution in [-0.2, 0) is 0 Å². The van der Waals surface area contributed by atoms with Crippen LogP contribution in [0.5, 0.6) is 12.0 Å². The summed E-state index contributed by atoms with van der Waals surface area (Å²) < 4.78 is 21.4. The summed E-state index contributed by atoms with van der Waals surface area (Å²) in [5.74, 6) is -2.40. The standard InChI is InChI=1S/C35H32N16O5.C34H31N17O5/c1-19-16-48(29(36)27(19)43-45-31-23(25(54)17-52)14-38-49(31)21-10-6-4-7-11-21)33-40-34(42-35(41-33)56-3)51-30(37)28(20(2)47-51)44-46-32-24(26(55)18-53)15-39-50(32)22-12-8-5-9-13-22;1-18-26(42-44-30-22(24(54)16-52)14-37-48(30)20-10-6-4-7-11-20)28(35)50(46-18)32-39-33(41-34(40-32)56-3)51-29(36)27(19(2)47-51)43-45-31-23(25(55)17-53)15-38-49(31)21-12-8-5-9-13-21/h4-16,52-53H,17-18,36-37H2,1-3H3;4-15,52-53H,16-17,35-36H2,1-3H3. The van der Waals surface area contributed by atoms with E-state index in [2.05, 4.69) is 107 Å². The van der Waals surface area contributed by atoms with E-state index in [9.17, 15) is 39.6 Å². The minimum Gasteiger partial charge on any atom is -0.467 e. The van der Waals surface area contributed by atoms with Gasteiger partial charge in [0.05, 0.1) is 101 Å². The number of methoxy groups -OCH3 is 2. The number of carbonyl (C=O) groups is 4. The Hall–Kier alpha value is -15.6. The molecule has 14 rings (SSSR count). The number of nitrogen functional groups attached to an aromatic ring is 4. The summed E-state index contributed by atoms with van der Waals surface area (Å²) in [5, 5.41) is 103. The quantitative estimate of drug-likeness (QED) is 0.0189. The minimum absolute atomic E-state index is 0.00836. The van der Waals surface area contributed by atoms with Gasteiger partial charge in [-0.05, 0) is 81.8 Å². The normalized spacial score (nSPS) is 11.6. The molecule has 14 aromatic rings. The largest absolute Gasteiger partial charge is 0.467 e. The summed E-state index contributed by atoms with van der Waals surface area (Å²) >= 11 is 0. The first-order valence-electron chi connectivity index (χ1n) is 33.2. The van der Waals surface area contributed by atoms with Crippen LogP contribution in [0, 0.1) is 27.7 Å². The Labute approximate surface area is 629 Å². The van der Waals surface area contributed by atoms with Crippen LogP contribution < -0.4 is 32.4 Å². The number of carbonyl (C=O) groups excluding carboxylic acids is 4. The molecule has 0 fully saturated rings. The van der Waals surface area contributed by atoms with Crippen molar-refractivity contribution in [2.45, 2.75) is 27.7 Å². The van der Waals surface area contributed by atoms with Crippen molar-refractivity contribution in [2.24, 2.45) is 40.9 Å². The molecule has 0 saturated heterocycles. The van der Waals surface area contributed by atoms with Gasteiger partial charge in [-0.25, -0.2) is 18.7 Å². The summed E-state index contributed by atoms with van der Waals surface area (Å²) in [7, 11) is 2.71. The fourth-order valence-electron chi connectivity index (χ4n) is 10.9. The lowest BCUT2D eigenvalue weighted by Gasteiger charge is -2.09. The highest BCUT2D eigenvalue weighted by Crippen LogP contribution is 2.39. The molecule has 0 aliphatic heterocycles. The highest BCUT2D eigenvalue weighted by Gasteiger charge is 2.28. The van der Waals surface area contributed by atoms with Crippen LogP contribution >= 0.6 is 0 Å². The van der Waals surface area contributed by atoms with Gasteiger partial charge in [-0.2, -0.15) is 79.6 Å². The van der Waals surface area contributed by atoms with Crippen molar-refractivity contribution >= 4 is 92.4 Å². The SMILES string of the molecule is COc1nc(-n2cc(C)c(N=Nc3c(C(=O)CO)cnn3-c3ccccc3)c2N)nc(-n2nc(C)c(N=Nc3c(C(=O)CO)cnn3-c3ccccc3)c2N)n1.COc1nc(-n2nc(C)c(N=Nc3c(C(=O)CO)cnn3-c3ccccc3)c2N)nc(-n2nc(C)c(N=Nc3c(C(=O)CO)cnn3-c3ccccc3)c2N)n1. The maximum Gasteiger partial charge on any atom is 0.322 e. The Kier molecular flexibility index (Phi) is 21.5. The second kappa shape index (κ2) is 32.2. The van der Waals surface area contributed by atoms with Crippen molar-refractivity contribution in [3.8, 4) is 58.6 Å². The molecule has 0 unspecified atom stereocenters. The number of aromatic nitrogens is 21. The fraction of sp³-hybridized carbons (Fsp3) is 0.145. The van der Waals surface area contributed by atoms with E-state index in [1.807, 2.05) is 24.3 Å². The van der Waals surface area contributed by atoms with E-state index in [4.69, 9.17) is 32.4 Å². The number of ether oxygens (including phenoxy) is 2. The van der Waals surface area contributed by atoms with E-state index in [1.54, 1.807) is 131 Å². The molecule has 10 heterocycles. The third-order valence-corrected chi connectivity index (χ3v) is 16.5. The van der Waals surface area contributed by atoms with Crippen LogP contribution in [0.1, 0.15) is 64.1 Å². The van der Waals surface area contributed by atoms with Crippen LogP contribution in [0.15, 0.2) is 193 Å². The number of ketones is 4. The van der Waals surface area contributed by atoms with E-state index in [0.717, 1.165) is 0 Å². The highest BCUT2D eigenvalue weighted by atomic mass is 16.5. The summed E-state index contributed by atoms with van der Waals surface area (Å²) in [4.78, 5) is 76.6. The molecule has 0 aliphatic rings. The van der Waals surface area contributed by atoms with Gasteiger partial charge in [-0.15, -0.1) is 40.9 Å². The van der Waals surface area contributed by atoms with Crippen molar-refractivity contribution in [2.75, 3.05) is 63.6 Å². The zero-order chi connectivity index (χ0) is 79.0. The lowest BCUT2D eigenvalue weighted by atomic mass is 10.2. The van der Waals surface area contributed by atoms with E-state index < -0.39 is 49.6 Å². The third kappa shape index (κ3) is 14.7. The van der Waals surface area contributed by atoms with Gasteiger partial charge in [0.2, 0.25) is 5.95 Å². The van der Waals surface area contributed by atoms with Crippen LogP contribution in [0.2, 0.25) is 0 Å². The third-order valence-electron chi connectivity index (χ3n) is 16.5. The Bertz CT molecular complexity index is 5290. The lowest BCUT2D eigenvalue weighted by Crippen LogP contribution is -2.14. The second-order valence-electron chi connectivity index (χ2n) is 23.6. The van der Waals surface area contributed by atoms with Gasteiger partial charge in [0.25, 0.3) is 17.8 Å². The summed E-state index contributed by atoms with van der Waals surface area (Å²) in [6.07, 6.45) is 6.82. The molecule has 0 atom stereocenters. The van der Waals surface area contributed by atoms with Crippen molar-refractivity contribution in [3.63, 3.8) is 0 Å². The number of hydrogen-bond acceptors (Lipinski definition) is 35. The molecule has 12 N–H and O–H groups in total. The summed E-state index contributed by atoms with van der Waals surface area (Å²) in [6, 6.07) is 35.6. The molecule has 43 heteroatoms. The van der Waals surface area contributed by atoms with Crippen LogP contribution in [0.4, 0.5) is 69.3 Å². The first-order chi connectivity index (χ1) is 54.2. The number of nitrogens with zero attached hydrogens (tertiary/aromatic N) is 29. The molecule has 0 aliphatic carbocycles. The van der Waals surface area contributed by atoms with E-state index in [0.29, 0.717) is 45.4 Å². The molecule has 43 nitrogen and oxygen atoms in total. The number of hydrogen-bond donors (Lipinski definition) is 8. The predicted octanol–water partition coefficient (Wildman–Crippen LogP) is 7.78. The van der Waals surface area contributed by atoms with E-state index >= 15 is 0 Å². The van der Waals surface area contributed by atoms with E-state index in [1.165, 1.54) is 76.3 Å². The number of anilines is 4. The van der Waals surface area contributed by atoms with Gasteiger partial charge < -0.3 is 52.8 Å². The number of nitrogens with two attached hydrogens (primary N) is 4. The highest BCUT2D eigenvalue weighted by molar-refractivity contribution is 6.02. The smallest absolute Gasteiger partial charge is 0.322 e. The molecular formula is C69H63N33O10. The van der Waals surface area contributed by atoms with Gasteiger partial charge in [0.1, 0.15) is 37.9 Å². The second-order valence-corrected chi connectivity index (χ2v) is 23.6. The molecule has 10 aromatic heterocycles. The Morgan fingerprint density at radius 3 is 0.875 bits per heavy atom. The Morgan fingerprint density at radius 1 is 0.348 bits per heavy atom. The van der Waals surface area contributed by atoms with Crippen LogP contribution in [-0.4, -0.2) is 187 Å². The number of benzene rings is 4. The number of aliphatic hydroxyl groups excluding tert-OH is 4. The number of azo groups is 4. The number of rotatable bonds is 26. The Balaban J connectivity index is 0.000000196. The lowest BCUT2D eigenvalue weighted by molar-refractivity contribution is 0.0898. The zero-order valence-corrected chi connectivity index (χ0v) is 59.8. The van der Waals surface area contributed by atoms with Crippen molar-refractivity contribution in [1.82, 2.24) is 103 Å². The van der Waals surface area contributed by atoms with Gasteiger partial charge in [-0.3, -0.25) is 23.7 Å². The average Bonchev–Trinajstić information content (AvgIpc) is 1.59. The van der Waals surface area contributed by atoms with Gasteiger partial charge in [-0.1, -0.05) is 72.8 Å². The van der Waals surface area contributed by atoms with Crippen LogP contribution in [0.25, 0.3) is 46.5 Å². The molecule has 564 valence electrons. The first-order valence-corrected chi connectivity index (χ1v) is 33.2. The molecule has 0 saturated carbocycles. The number of aryl methyl sites for hydroxylation is 4. The maximum atomic E-state index is 12.6. The molecule has 0 bridgehead atoms. The van der Waals surface area contributed by atoms with Crippen LogP contribution in [0.3, 0.4) is 0 Å². The van der Waals surface area contributed by atoms with E-state index in [-0.39, 0.29) is 127 Å². The fourth-order valence-corrected chi connectivity index (χ4v) is 10.9. The average molecular weight is 1510 g/mol. The molecular weight excluding hydrogens is 1450 g/mol. The van der Waals surface area contributed by atoms with Crippen molar-refractivity contribution < 1.29 is 49.1 Å². The Morgan fingerprint density at radius 2 is 0.607 bits per heavy atom. The van der Waals surface area contributed by atoms with Crippen molar-refractivity contribution in [3.05, 3.63) is 197 Å². The van der Waals surface area contributed by atoms with Crippen molar-refractivity contribution in [1.29, 1.82) is 0 Å². The molecule has 0 spiro atoms.